The lowest BCUT2D eigenvalue weighted by Gasteiger charge is -2.08. The van der Waals surface area contributed by atoms with Crippen molar-refractivity contribution in [1.82, 2.24) is 15.0 Å². The Kier molecular flexibility index (Phi) is 4.15. The summed E-state index contributed by atoms with van der Waals surface area (Å²) in [5.41, 5.74) is 3.23. The number of benzene rings is 2. The molecule has 2 aromatic carbocycles. The molecule has 0 bridgehead atoms. The van der Waals surface area contributed by atoms with E-state index in [2.05, 4.69) is 20.3 Å². The zero-order valence-corrected chi connectivity index (χ0v) is 13.7. The predicted molar refractivity (Wildman–Crippen MR) is 98.2 cm³/mol. The van der Waals surface area contributed by atoms with Gasteiger partial charge in [0.1, 0.15) is 22.9 Å². The average Bonchev–Trinajstić information content (AvgIpc) is 2.67. The summed E-state index contributed by atoms with van der Waals surface area (Å²) in [5, 5.41) is 12.5. The van der Waals surface area contributed by atoms with Crippen LogP contribution in [0.2, 0.25) is 0 Å². The van der Waals surface area contributed by atoms with Crippen LogP contribution in [0.25, 0.3) is 22.4 Å². The summed E-state index contributed by atoms with van der Waals surface area (Å²) < 4.78 is 13.7. The summed E-state index contributed by atoms with van der Waals surface area (Å²) in [6.45, 7) is 0.330. The van der Waals surface area contributed by atoms with E-state index in [1.54, 1.807) is 54.7 Å². The maximum absolute atomic E-state index is 13.7. The van der Waals surface area contributed by atoms with Crippen molar-refractivity contribution in [2.45, 2.75) is 6.54 Å². The molecule has 0 aliphatic carbocycles. The number of phenolic OH excluding ortho intramolecular Hbond substituents is 1. The second-order valence-corrected chi connectivity index (χ2v) is 5.79. The molecule has 6 heteroatoms. The number of halogens is 1. The van der Waals surface area contributed by atoms with Crippen molar-refractivity contribution >= 4 is 17.0 Å². The molecule has 0 atom stereocenters. The van der Waals surface area contributed by atoms with E-state index in [4.69, 9.17) is 0 Å². The molecule has 2 N–H and O–H groups in total. The van der Waals surface area contributed by atoms with E-state index in [1.165, 1.54) is 6.07 Å². The Labute approximate surface area is 149 Å². The van der Waals surface area contributed by atoms with E-state index in [1.807, 2.05) is 6.07 Å². The molecule has 0 aliphatic heterocycles. The molecule has 4 aromatic rings. The van der Waals surface area contributed by atoms with Gasteiger partial charge in [0.2, 0.25) is 0 Å². The second kappa shape index (κ2) is 6.76. The third-order valence-corrected chi connectivity index (χ3v) is 3.99. The van der Waals surface area contributed by atoms with Crippen LogP contribution in [0.15, 0.2) is 66.9 Å². The molecule has 128 valence electrons. The van der Waals surface area contributed by atoms with Gasteiger partial charge in [0, 0.05) is 17.7 Å². The van der Waals surface area contributed by atoms with Crippen molar-refractivity contribution in [3.8, 4) is 17.0 Å². The Hall–Kier alpha value is -3.54. The molecule has 0 aliphatic rings. The normalized spacial score (nSPS) is 10.8. The predicted octanol–water partition coefficient (Wildman–Crippen LogP) is 4.15. The second-order valence-electron chi connectivity index (χ2n) is 5.79. The van der Waals surface area contributed by atoms with Crippen molar-refractivity contribution in [3.05, 3.63) is 78.2 Å². The molecule has 4 rings (SSSR count). The minimum Gasteiger partial charge on any atom is -0.508 e. The molecule has 2 heterocycles. The summed E-state index contributed by atoms with van der Waals surface area (Å²) in [6.07, 6.45) is 1.67. The van der Waals surface area contributed by atoms with Gasteiger partial charge in [-0.3, -0.25) is 4.98 Å². The van der Waals surface area contributed by atoms with Gasteiger partial charge < -0.3 is 10.4 Å². The highest BCUT2D eigenvalue weighted by Crippen LogP contribution is 2.21. The summed E-state index contributed by atoms with van der Waals surface area (Å²) >= 11 is 0. The number of aromatic nitrogens is 3. The number of fused-ring (bicyclic) bond motifs is 1. The number of nitrogens with zero attached hydrogens (tertiary/aromatic N) is 3. The van der Waals surface area contributed by atoms with Gasteiger partial charge in [-0.05, 0) is 42.5 Å². The van der Waals surface area contributed by atoms with Gasteiger partial charge in [0.05, 0.1) is 11.9 Å². The molecule has 0 saturated carbocycles. The zero-order chi connectivity index (χ0) is 17.9. The molecular formula is C20H15FN4O. The molecule has 0 unspecified atom stereocenters. The molecule has 26 heavy (non-hydrogen) atoms. The van der Waals surface area contributed by atoms with Crippen LogP contribution in [-0.4, -0.2) is 20.1 Å². The fourth-order valence-corrected chi connectivity index (χ4v) is 2.60. The Bertz CT molecular complexity index is 1070. The van der Waals surface area contributed by atoms with Crippen molar-refractivity contribution in [1.29, 1.82) is 0 Å². The number of rotatable bonds is 4. The quantitative estimate of drug-likeness (QED) is 0.581. The lowest BCUT2D eigenvalue weighted by atomic mass is 10.1. The van der Waals surface area contributed by atoms with Gasteiger partial charge in [-0.2, -0.15) is 0 Å². The molecule has 0 amide bonds. The SMILES string of the molecule is Oc1ccc(-c2cnc3ccc(NCc4ccccc4F)nc3n2)cc1. The number of nitrogens with one attached hydrogen (secondary N) is 1. The third kappa shape index (κ3) is 3.30. The van der Waals surface area contributed by atoms with E-state index < -0.39 is 0 Å². The van der Waals surface area contributed by atoms with E-state index >= 15 is 0 Å². The van der Waals surface area contributed by atoms with Crippen molar-refractivity contribution in [2.75, 3.05) is 5.32 Å². The van der Waals surface area contributed by atoms with E-state index in [0.29, 0.717) is 34.8 Å². The van der Waals surface area contributed by atoms with Crippen molar-refractivity contribution < 1.29 is 9.50 Å². The van der Waals surface area contributed by atoms with E-state index in [-0.39, 0.29) is 11.6 Å². The van der Waals surface area contributed by atoms with Crippen molar-refractivity contribution in [3.63, 3.8) is 0 Å². The van der Waals surface area contributed by atoms with E-state index in [0.717, 1.165) is 5.56 Å². The van der Waals surface area contributed by atoms with Gasteiger partial charge in [-0.25, -0.2) is 14.4 Å². The van der Waals surface area contributed by atoms with Crippen LogP contribution in [0.1, 0.15) is 5.56 Å². The number of pyridine rings is 1. The van der Waals surface area contributed by atoms with Gasteiger partial charge in [0.15, 0.2) is 5.65 Å². The number of hydrogen-bond donors (Lipinski definition) is 2. The third-order valence-electron chi connectivity index (χ3n) is 3.99. The molecule has 0 saturated heterocycles. The minimum atomic E-state index is -0.254. The van der Waals surface area contributed by atoms with Crippen LogP contribution in [0.4, 0.5) is 10.2 Å². The molecule has 2 aromatic heterocycles. The smallest absolute Gasteiger partial charge is 0.180 e. The highest BCUT2D eigenvalue weighted by Gasteiger charge is 2.06. The van der Waals surface area contributed by atoms with Gasteiger partial charge in [-0.15, -0.1) is 0 Å². The minimum absolute atomic E-state index is 0.195. The zero-order valence-electron chi connectivity index (χ0n) is 13.7. The average molecular weight is 346 g/mol. The molecule has 0 radical (unpaired) electrons. The summed E-state index contributed by atoms with van der Waals surface area (Å²) in [7, 11) is 0. The summed E-state index contributed by atoms with van der Waals surface area (Å²) in [4.78, 5) is 13.4. The monoisotopic (exact) mass is 346 g/mol. The summed E-state index contributed by atoms with van der Waals surface area (Å²) in [5.74, 6) is 0.536. The van der Waals surface area contributed by atoms with Crippen LogP contribution in [0.3, 0.4) is 0 Å². The molecule has 5 nitrogen and oxygen atoms in total. The maximum atomic E-state index is 13.7. The topological polar surface area (TPSA) is 70.9 Å². The Morgan fingerprint density at radius 3 is 2.54 bits per heavy atom. The van der Waals surface area contributed by atoms with E-state index in [9.17, 15) is 9.50 Å². The highest BCUT2D eigenvalue weighted by atomic mass is 19.1. The molecule has 0 spiro atoms. The first-order chi connectivity index (χ1) is 12.7. The number of anilines is 1. The van der Waals surface area contributed by atoms with Crippen LogP contribution < -0.4 is 5.32 Å². The fraction of sp³-hybridized carbons (Fsp3) is 0.0500. The number of phenols is 1. The lowest BCUT2D eigenvalue weighted by molar-refractivity contribution is 0.475. The van der Waals surface area contributed by atoms with Gasteiger partial charge >= 0.3 is 0 Å². The van der Waals surface area contributed by atoms with Crippen LogP contribution in [0.5, 0.6) is 5.75 Å². The molecule has 0 fully saturated rings. The highest BCUT2D eigenvalue weighted by molar-refractivity contribution is 5.75. The Morgan fingerprint density at radius 1 is 0.923 bits per heavy atom. The van der Waals surface area contributed by atoms with Gasteiger partial charge in [0.25, 0.3) is 0 Å². The van der Waals surface area contributed by atoms with Crippen LogP contribution >= 0.6 is 0 Å². The number of hydrogen-bond acceptors (Lipinski definition) is 5. The summed E-state index contributed by atoms with van der Waals surface area (Å²) in [6, 6.07) is 17.0. The van der Waals surface area contributed by atoms with Crippen LogP contribution in [-0.2, 0) is 6.54 Å². The first-order valence-corrected chi connectivity index (χ1v) is 8.09. The Balaban J connectivity index is 1.61. The van der Waals surface area contributed by atoms with Gasteiger partial charge in [-0.1, -0.05) is 18.2 Å². The first kappa shape index (κ1) is 16.0. The van der Waals surface area contributed by atoms with Crippen LogP contribution in [0, 0.1) is 5.82 Å². The first-order valence-electron chi connectivity index (χ1n) is 8.09. The largest absolute Gasteiger partial charge is 0.508 e. The van der Waals surface area contributed by atoms with Crippen molar-refractivity contribution in [2.24, 2.45) is 0 Å². The molecular weight excluding hydrogens is 331 g/mol. The lowest BCUT2D eigenvalue weighted by Crippen LogP contribution is -2.04. The maximum Gasteiger partial charge on any atom is 0.180 e. The number of aromatic hydroxyl groups is 1. The Morgan fingerprint density at radius 2 is 1.73 bits per heavy atom. The standard InChI is InChI=1S/C20H15FN4O/c21-16-4-2-1-3-14(16)11-23-19-10-9-17-20(25-19)24-18(12-22-17)13-5-7-15(26)8-6-13/h1-10,12,26H,11H2,(H,23,24,25). The fourth-order valence-electron chi connectivity index (χ4n) is 2.60.